The third-order valence-corrected chi connectivity index (χ3v) is 6.37. The van der Waals surface area contributed by atoms with Crippen LogP contribution in [0, 0.1) is 11.3 Å². The van der Waals surface area contributed by atoms with Crippen molar-refractivity contribution in [3.63, 3.8) is 0 Å². The van der Waals surface area contributed by atoms with E-state index in [1.165, 1.54) is 11.8 Å². The number of hydrogen-bond acceptors (Lipinski definition) is 9. The molecule has 0 atom stereocenters. The summed E-state index contributed by atoms with van der Waals surface area (Å²) in [6, 6.07) is 9.69. The number of ether oxygens (including phenoxy) is 2. The Balaban J connectivity index is 1.89. The van der Waals surface area contributed by atoms with E-state index in [1.807, 2.05) is 35.8 Å². The van der Waals surface area contributed by atoms with Crippen LogP contribution in [0.1, 0.15) is 34.6 Å². The van der Waals surface area contributed by atoms with Crippen molar-refractivity contribution in [3.8, 4) is 23.2 Å². The zero-order valence-corrected chi connectivity index (χ0v) is 18.5. The minimum atomic E-state index is -0.470. The number of rotatable bonds is 8. The van der Waals surface area contributed by atoms with Crippen LogP contribution in [0.5, 0.6) is 5.75 Å². The van der Waals surface area contributed by atoms with E-state index in [0.29, 0.717) is 38.5 Å². The maximum absolute atomic E-state index is 12.3. The monoisotopic (exact) mass is 443 g/mol. The number of hydrogen-bond donors (Lipinski definition) is 1. The summed E-state index contributed by atoms with van der Waals surface area (Å²) in [5.74, 6) is 1.38. The first-order valence-electron chi connectivity index (χ1n) is 9.22. The standard InChI is InChI=1S/C20H21N5O3S2/c1-4-25-18(12-6-8-13(27-3)9-7-12)23-24-20(25)29-11-15-14(10-21)17(22)30-16(15)19(26)28-5-2/h6-9H,4-5,11,22H2,1-3H3. The number of nitriles is 1. The Hall–Kier alpha value is -3.03. The Morgan fingerprint density at radius 2 is 2.03 bits per heavy atom. The number of benzene rings is 1. The zero-order chi connectivity index (χ0) is 21.7. The van der Waals surface area contributed by atoms with E-state index in [4.69, 9.17) is 15.2 Å². The van der Waals surface area contributed by atoms with Crippen molar-refractivity contribution in [2.24, 2.45) is 0 Å². The summed E-state index contributed by atoms with van der Waals surface area (Å²) in [5, 5.41) is 19.1. The second-order valence-electron chi connectivity index (χ2n) is 6.05. The lowest BCUT2D eigenvalue weighted by molar-refractivity contribution is 0.0531. The molecule has 3 aromatic rings. The molecule has 0 amide bonds. The molecule has 30 heavy (non-hydrogen) atoms. The van der Waals surface area contributed by atoms with Gasteiger partial charge in [-0.1, -0.05) is 11.8 Å². The van der Waals surface area contributed by atoms with Crippen LogP contribution in [0.4, 0.5) is 5.00 Å². The molecule has 3 rings (SSSR count). The number of carbonyl (C=O) groups is 1. The third kappa shape index (κ3) is 4.27. The summed E-state index contributed by atoms with van der Waals surface area (Å²) >= 11 is 2.47. The van der Waals surface area contributed by atoms with Gasteiger partial charge in [0.15, 0.2) is 11.0 Å². The normalized spacial score (nSPS) is 10.6. The molecule has 0 spiro atoms. The van der Waals surface area contributed by atoms with Gasteiger partial charge in [-0.15, -0.1) is 21.5 Å². The predicted octanol–water partition coefficient (Wildman–Crippen LogP) is 3.96. The van der Waals surface area contributed by atoms with Crippen LogP contribution < -0.4 is 10.5 Å². The number of aromatic nitrogens is 3. The average Bonchev–Trinajstić information content (AvgIpc) is 3.32. The second kappa shape index (κ2) is 9.65. The Labute approximate surface area is 182 Å². The van der Waals surface area contributed by atoms with Crippen molar-refractivity contribution in [3.05, 3.63) is 40.3 Å². The Kier molecular flexibility index (Phi) is 6.97. The Morgan fingerprint density at radius 1 is 1.30 bits per heavy atom. The molecule has 156 valence electrons. The molecule has 0 bridgehead atoms. The van der Waals surface area contributed by atoms with Crippen molar-refractivity contribution in [2.45, 2.75) is 31.3 Å². The van der Waals surface area contributed by atoms with Crippen molar-refractivity contribution < 1.29 is 14.3 Å². The fraction of sp³-hybridized carbons (Fsp3) is 0.300. The SMILES string of the molecule is CCOC(=O)c1sc(N)c(C#N)c1CSc1nnc(-c2ccc(OC)cc2)n1CC. The predicted molar refractivity (Wildman–Crippen MR) is 117 cm³/mol. The molecule has 0 aliphatic heterocycles. The average molecular weight is 444 g/mol. The van der Waals surface area contributed by atoms with Gasteiger partial charge in [0.05, 0.1) is 19.3 Å². The summed E-state index contributed by atoms with van der Waals surface area (Å²) < 4.78 is 12.3. The van der Waals surface area contributed by atoms with Crippen LogP contribution >= 0.6 is 23.1 Å². The maximum Gasteiger partial charge on any atom is 0.348 e. The molecule has 0 unspecified atom stereocenters. The lowest BCUT2D eigenvalue weighted by Gasteiger charge is -2.08. The summed E-state index contributed by atoms with van der Waals surface area (Å²) in [5.41, 5.74) is 7.75. The highest BCUT2D eigenvalue weighted by molar-refractivity contribution is 7.98. The molecule has 1 aromatic carbocycles. The molecule has 10 heteroatoms. The van der Waals surface area contributed by atoms with Crippen LogP contribution in [0.25, 0.3) is 11.4 Å². The quantitative estimate of drug-likeness (QED) is 0.411. The highest BCUT2D eigenvalue weighted by Gasteiger charge is 2.24. The zero-order valence-electron chi connectivity index (χ0n) is 16.8. The van der Waals surface area contributed by atoms with Gasteiger partial charge in [0, 0.05) is 23.4 Å². The van der Waals surface area contributed by atoms with Gasteiger partial charge in [-0.2, -0.15) is 5.26 Å². The molecule has 0 saturated carbocycles. The van der Waals surface area contributed by atoms with Crippen molar-refractivity contribution >= 4 is 34.1 Å². The maximum atomic E-state index is 12.3. The van der Waals surface area contributed by atoms with Gasteiger partial charge >= 0.3 is 5.97 Å². The minimum absolute atomic E-state index is 0.250. The van der Waals surface area contributed by atoms with Gasteiger partial charge in [0.2, 0.25) is 0 Å². The first-order chi connectivity index (χ1) is 14.5. The lowest BCUT2D eigenvalue weighted by Crippen LogP contribution is -2.06. The summed E-state index contributed by atoms with van der Waals surface area (Å²) in [7, 11) is 1.62. The van der Waals surface area contributed by atoms with Crippen LogP contribution in [0.15, 0.2) is 29.4 Å². The molecule has 0 fully saturated rings. The van der Waals surface area contributed by atoms with Crippen LogP contribution in [-0.4, -0.2) is 34.5 Å². The molecule has 8 nitrogen and oxygen atoms in total. The second-order valence-corrected chi connectivity index (χ2v) is 8.04. The molecular weight excluding hydrogens is 422 g/mol. The highest BCUT2D eigenvalue weighted by atomic mass is 32.2. The molecule has 2 aromatic heterocycles. The number of nitrogens with two attached hydrogens (primary N) is 1. The largest absolute Gasteiger partial charge is 0.497 e. The number of carbonyl (C=O) groups excluding carboxylic acids is 1. The van der Waals surface area contributed by atoms with Gasteiger partial charge < -0.3 is 19.8 Å². The number of methoxy groups -OCH3 is 1. The van der Waals surface area contributed by atoms with Crippen LogP contribution in [-0.2, 0) is 17.0 Å². The minimum Gasteiger partial charge on any atom is -0.497 e. The fourth-order valence-corrected chi connectivity index (χ4v) is 4.93. The summed E-state index contributed by atoms with van der Waals surface area (Å²) in [6.45, 7) is 4.66. The first kappa shape index (κ1) is 21.7. The topological polar surface area (TPSA) is 116 Å². The van der Waals surface area contributed by atoms with E-state index >= 15 is 0 Å². The van der Waals surface area contributed by atoms with Crippen molar-refractivity contribution in [2.75, 3.05) is 19.5 Å². The van der Waals surface area contributed by atoms with Crippen molar-refractivity contribution in [1.29, 1.82) is 5.26 Å². The molecule has 0 aliphatic carbocycles. The molecule has 2 N–H and O–H groups in total. The molecule has 0 saturated heterocycles. The fourth-order valence-electron chi connectivity index (χ4n) is 2.88. The third-order valence-electron chi connectivity index (χ3n) is 4.33. The van der Waals surface area contributed by atoms with Gasteiger partial charge in [-0.25, -0.2) is 4.79 Å². The van der Waals surface area contributed by atoms with Gasteiger partial charge in [0.1, 0.15) is 21.7 Å². The number of nitrogen functional groups attached to an aromatic ring is 1. The Morgan fingerprint density at radius 3 is 2.63 bits per heavy atom. The number of thioether (sulfide) groups is 1. The molecule has 2 heterocycles. The number of thiophene rings is 1. The van der Waals surface area contributed by atoms with Crippen molar-refractivity contribution in [1.82, 2.24) is 14.8 Å². The summed E-state index contributed by atoms with van der Waals surface area (Å²) in [4.78, 5) is 12.7. The number of esters is 1. The van der Waals surface area contributed by atoms with Gasteiger partial charge in [-0.3, -0.25) is 0 Å². The number of anilines is 1. The van der Waals surface area contributed by atoms with E-state index < -0.39 is 5.97 Å². The van der Waals surface area contributed by atoms with Crippen LogP contribution in [0.3, 0.4) is 0 Å². The van der Waals surface area contributed by atoms with E-state index in [-0.39, 0.29) is 6.61 Å². The molecule has 0 radical (unpaired) electrons. The van der Waals surface area contributed by atoms with Crippen LogP contribution in [0.2, 0.25) is 0 Å². The number of nitrogens with zero attached hydrogens (tertiary/aromatic N) is 4. The van der Waals surface area contributed by atoms with E-state index in [1.54, 1.807) is 14.0 Å². The van der Waals surface area contributed by atoms with E-state index in [2.05, 4.69) is 16.3 Å². The lowest BCUT2D eigenvalue weighted by atomic mass is 10.2. The van der Waals surface area contributed by atoms with E-state index in [9.17, 15) is 10.1 Å². The summed E-state index contributed by atoms with van der Waals surface area (Å²) in [6.07, 6.45) is 0. The highest BCUT2D eigenvalue weighted by Crippen LogP contribution is 2.36. The smallest absolute Gasteiger partial charge is 0.348 e. The van der Waals surface area contributed by atoms with Gasteiger partial charge in [-0.05, 0) is 38.1 Å². The van der Waals surface area contributed by atoms with Gasteiger partial charge in [0.25, 0.3) is 0 Å². The van der Waals surface area contributed by atoms with E-state index in [0.717, 1.165) is 28.5 Å². The molecule has 0 aliphatic rings. The first-order valence-corrected chi connectivity index (χ1v) is 11.0. The molecular formula is C20H21N5O3S2. The Bertz CT molecular complexity index is 1080.